The first-order chi connectivity index (χ1) is 23.2. The number of nitrogens with zero attached hydrogens (tertiary/aromatic N) is 4. The van der Waals surface area contributed by atoms with Gasteiger partial charge in [0.05, 0.1) is 30.1 Å². The Bertz CT molecular complexity index is 1720. The molecule has 0 spiro atoms. The number of hydrogen-bond donors (Lipinski definition) is 1. The Labute approximate surface area is 289 Å². The van der Waals surface area contributed by atoms with Crippen LogP contribution >= 0.6 is 23.5 Å². The van der Waals surface area contributed by atoms with Crippen molar-refractivity contribution in [1.82, 2.24) is 17.5 Å². The molecule has 0 amide bonds. The Hall–Kier alpha value is -2.74. The summed E-state index contributed by atoms with van der Waals surface area (Å²) in [5, 5.41) is 10.4. The fourth-order valence-electron chi connectivity index (χ4n) is 8.11. The molecule has 2 heterocycles. The summed E-state index contributed by atoms with van der Waals surface area (Å²) in [6, 6.07) is 15.6. The Morgan fingerprint density at radius 1 is 0.553 bits per heavy atom. The molecule has 0 fully saturated rings. The van der Waals surface area contributed by atoms with E-state index in [1.54, 1.807) is 0 Å². The molecule has 250 valence electrons. The van der Waals surface area contributed by atoms with Crippen molar-refractivity contribution in [2.24, 2.45) is 0 Å². The molecule has 1 N–H and O–H groups in total. The van der Waals surface area contributed by atoms with Gasteiger partial charge in [-0.15, -0.1) is 0 Å². The predicted octanol–water partition coefficient (Wildman–Crippen LogP) is 12.2. The summed E-state index contributed by atoms with van der Waals surface area (Å²) >= 11 is 2.57. The number of benzene rings is 3. The van der Waals surface area contributed by atoms with Crippen molar-refractivity contribution in [1.29, 1.82) is 0 Å². The molecule has 5 nitrogen and oxygen atoms in total. The summed E-state index contributed by atoms with van der Waals surface area (Å²) < 4.78 is 18.8. The second-order valence-corrected chi connectivity index (χ2v) is 14.9. The SMILES string of the molecule is CCCCCCCCCCC1(CCCCCCCCCC)c2cc(-c3c(CO)ccc4nsnc34)ccc2-c2c1ccc1nsnc21. The molecule has 0 saturated carbocycles. The molecule has 47 heavy (non-hydrogen) atoms. The van der Waals surface area contributed by atoms with Gasteiger partial charge in [0, 0.05) is 16.5 Å². The zero-order valence-corrected chi connectivity index (χ0v) is 30.2. The van der Waals surface area contributed by atoms with Gasteiger partial charge in [0.2, 0.25) is 0 Å². The predicted molar refractivity (Wildman–Crippen MR) is 200 cm³/mol. The van der Waals surface area contributed by atoms with Gasteiger partial charge >= 0.3 is 0 Å². The highest BCUT2D eigenvalue weighted by Crippen LogP contribution is 2.56. The van der Waals surface area contributed by atoms with Crippen LogP contribution in [0.4, 0.5) is 0 Å². The fraction of sp³-hybridized carbons (Fsp3) is 0.550. The molecule has 0 bridgehead atoms. The van der Waals surface area contributed by atoms with Crippen LogP contribution in [0.1, 0.15) is 146 Å². The first-order valence-electron chi connectivity index (χ1n) is 18.5. The minimum Gasteiger partial charge on any atom is -0.392 e. The Morgan fingerprint density at radius 2 is 1.09 bits per heavy atom. The number of unbranched alkanes of at least 4 members (excludes halogenated alkanes) is 14. The van der Waals surface area contributed by atoms with Crippen molar-refractivity contribution < 1.29 is 5.11 Å². The van der Waals surface area contributed by atoms with Gasteiger partial charge in [-0.1, -0.05) is 141 Å². The van der Waals surface area contributed by atoms with Gasteiger partial charge in [-0.3, -0.25) is 0 Å². The Morgan fingerprint density at radius 3 is 1.66 bits per heavy atom. The molecule has 3 aromatic carbocycles. The van der Waals surface area contributed by atoms with Crippen LogP contribution < -0.4 is 0 Å². The van der Waals surface area contributed by atoms with Gasteiger partial charge in [-0.2, -0.15) is 17.5 Å². The van der Waals surface area contributed by atoms with E-state index in [1.165, 1.54) is 148 Å². The van der Waals surface area contributed by atoms with Crippen molar-refractivity contribution in [2.75, 3.05) is 0 Å². The third-order valence-corrected chi connectivity index (χ3v) is 11.7. The van der Waals surface area contributed by atoms with Crippen molar-refractivity contribution >= 4 is 45.5 Å². The molecule has 0 unspecified atom stereocenters. The van der Waals surface area contributed by atoms with Gasteiger partial charge in [0.15, 0.2) is 0 Å². The number of aliphatic hydroxyl groups is 1. The van der Waals surface area contributed by atoms with E-state index >= 15 is 0 Å². The summed E-state index contributed by atoms with van der Waals surface area (Å²) in [6.45, 7) is 4.57. The van der Waals surface area contributed by atoms with Gasteiger partial charge in [0.25, 0.3) is 0 Å². The largest absolute Gasteiger partial charge is 0.392 e. The molecule has 1 aliphatic rings. The maximum absolute atomic E-state index is 10.4. The lowest BCUT2D eigenvalue weighted by Crippen LogP contribution is -2.25. The third-order valence-electron chi connectivity index (χ3n) is 10.6. The normalized spacial score (nSPS) is 13.5. The second kappa shape index (κ2) is 16.6. The van der Waals surface area contributed by atoms with E-state index in [4.69, 9.17) is 8.75 Å². The quantitative estimate of drug-likeness (QED) is 0.0836. The van der Waals surface area contributed by atoms with E-state index in [1.807, 2.05) is 12.1 Å². The molecule has 0 saturated heterocycles. The van der Waals surface area contributed by atoms with Gasteiger partial charge in [-0.25, -0.2) is 0 Å². The highest BCUT2D eigenvalue weighted by Gasteiger charge is 2.43. The molecule has 0 radical (unpaired) electrons. The lowest BCUT2D eigenvalue weighted by molar-refractivity contribution is 0.282. The van der Waals surface area contributed by atoms with Gasteiger partial charge in [0.1, 0.15) is 22.1 Å². The lowest BCUT2D eigenvalue weighted by atomic mass is 9.70. The number of aromatic nitrogens is 4. The highest BCUT2D eigenvalue weighted by atomic mass is 32.1. The van der Waals surface area contributed by atoms with Crippen LogP contribution in [-0.4, -0.2) is 22.6 Å². The van der Waals surface area contributed by atoms with Crippen LogP contribution in [-0.2, 0) is 12.0 Å². The average Bonchev–Trinajstić information content (AvgIpc) is 3.84. The van der Waals surface area contributed by atoms with Crippen molar-refractivity contribution in [3.8, 4) is 22.3 Å². The zero-order valence-electron chi connectivity index (χ0n) is 28.5. The summed E-state index contributed by atoms with van der Waals surface area (Å²) in [7, 11) is 0. The van der Waals surface area contributed by atoms with E-state index < -0.39 is 0 Å². The van der Waals surface area contributed by atoms with Gasteiger partial charge in [-0.05, 0) is 58.9 Å². The number of fused-ring (bicyclic) bond motifs is 6. The topological polar surface area (TPSA) is 71.8 Å². The molecule has 0 aliphatic heterocycles. The van der Waals surface area contributed by atoms with Crippen LogP contribution in [0.3, 0.4) is 0 Å². The lowest BCUT2D eigenvalue weighted by Gasteiger charge is -2.33. The number of aliphatic hydroxyl groups excluding tert-OH is 1. The number of hydrogen-bond acceptors (Lipinski definition) is 7. The van der Waals surface area contributed by atoms with Crippen LogP contribution in [0.25, 0.3) is 44.3 Å². The smallest absolute Gasteiger partial charge is 0.112 e. The standard InChI is InChI=1S/C40H52N4OS2/c1-3-5-7-9-11-13-15-17-25-40(26-18-16-14-12-10-8-6-4-2)32-22-24-35-39(44-47-42-35)37(32)31-21-19-29(27-33(31)40)36-30(28-45)20-23-34-38(36)43-46-41-34/h19-24,27,45H,3-18,25-26,28H2,1-2H3. The zero-order chi connectivity index (χ0) is 32.5. The third kappa shape index (κ3) is 7.33. The van der Waals surface area contributed by atoms with Crippen LogP contribution in [0.15, 0.2) is 42.5 Å². The van der Waals surface area contributed by atoms with Crippen LogP contribution in [0, 0.1) is 0 Å². The first-order valence-corrected chi connectivity index (χ1v) is 19.9. The molecule has 0 atom stereocenters. The summed E-state index contributed by atoms with van der Waals surface area (Å²) in [4.78, 5) is 0. The van der Waals surface area contributed by atoms with Crippen molar-refractivity contribution in [3.05, 3.63) is 59.2 Å². The molecule has 6 rings (SSSR count). The highest BCUT2D eigenvalue weighted by molar-refractivity contribution is 7.00. The van der Waals surface area contributed by atoms with Crippen molar-refractivity contribution in [3.63, 3.8) is 0 Å². The van der Waals surface area contributed by atoms with Crippen molar-refractivity contribution in [2.45, 2.75) is 141 Å². The molecular weight excluding hydrogens is 617 g/mol. The summed E-state index contributed by atoms with van der Waals surface area (Å²) in [5.74, 6) is 0. The van der Waals surface area contributed by atoms with E-state index in [0.29, 0.717) is 0 Å². The minimum absolute atomic E-state index is 0.0210. The Balaban J connectivity index is 1.36. The fourth-order valence-corrected chi connectivity index (χ4v) is 9.20. The Kier molecular flexibility index (Phi) is 12.0. The second-order valence-electron chi connectivity index (χ2n) is 13.8. The summed E-state index contributed by atoms with van der Waals surface area (Å²) in [6.07, 6.45) is 23.5. The molecule has 1 aliphatic carbocycles. The molecule has 2 aromatic heterocycles. The maximum atomic E-state index is 10.4. The summed E-state index contributed by atoms with van der Waals surface area (Å²) in [5.41, 5.74) is 12.3. The van der Waals surface area contributed by atoms with Gasteiger partial charge < -0.3 is 5.11 Å². The molecular formula is C40H52N4OS2. The van der Waals surface area contributed by atoms with E-state index in [-0.39, 0.29) is 12.0 Å². The maximum Gasteiger partial charge on any atom is 0.112 e. The molecule has 5 aromatic rings. The van der Waals surface area contributed by atoms with E-state index in [2.05, 4.69) is 52.9 Å². The molecule has 7 heteroatoms. The number of rotatable bonds is 20. The average molecular weight is 669 g/mol. The first kappa shape index (κ1) is 34.1. The van der Waals surface area contributed by atoms with Crippen LogP contribution in [0.2, 0.25) is 0 Å². The van der Waals surface area contributed by atoms with E-state index in [9.17, 15) is 5.11 Å². The van der Waals surface area contributed by atoms with Crippen LogP contribution in [0.5, 0.6) is 0 Å². The minimum atomic E-state index is -0.0590. The van der Waals surface area contributed by atoms with E-state index in [0.717, 1.165) is 51.6 Å². The monoisotopic (exact) mass is 668 g/mol.